The molecule has 0 saturated carbocycles. The SMILES string of the molecule is CC(C)Cc1cc(F)ccc1C(=O)O. The van der Waals surface area contributed by atoms with Crippen molar-refractivity contribution in [3.05, 3.63) is 35.1 Å². The number of halogens is 1. The smallest absolute Gasteiger partial charge is 0.335 e. The first-order valence-electron chi connectivity index (χ1n) is 4.52. The van der Waals surface area contributed by atoms with Crippen LogP contribution < -0.4 is 0 Å². The van der Waals surface area contributed by atoms with E-state index in [0.29, 0.717) is 17.9 Å². The number of carboxylic acid groups (broad SMARTS) is 1. The number of aromatic carboxylic acids is 1. The Kier molecular flexibility index (Phi) is 3.23. The molecule has 0 atom stereocenters. The fourth-order valence-corrected chi connectivity index (χ4v) is 1.38. The Labute approximate surface area is 82.4 Å². The van der Waals surface area contributed by atoms with Crippen molar-refractivity contribution in [1.29, 1.82) is 0 Å². The molecule has 14 heavy (non-hydrogen) atoms. The second-order valence-corrected chi connectivity index (χ2v) is 3.70. The summed E-state index contributed by atoms with van der Waals surface area (Å²) in [7, 11) is 0. The third-order valence-electron chi connectivity index (χ3n) is 1.93. The van der Waals surface area contributed by atoms with Gasteiger partial charge in [0, 0.05) is 0 Å². The summed E-state index contributed by atoms with van der Waals surface area (Å²) in [5.74, 6) is -1.07. The van der Waals surface area contributed by atoms with Gasteiger partial charge in [0.15, 0.2) is 0 Å². The van der Waals surface area contributed by atoms with Gasteiger partial charge < -0.3 is 5.11 Å². The monoisotopic (exact) mass is 196 g/mol. The Morgan fingerprint density at radius 3 is 2.64 bits per heavy atom. The van der Waals surface area contributed by atoms with Gasteiger partial charge in [-0.1, -0.05) is 13.8 Å². The molecule has 2 nitrogen and oxygen atoms in total. The molecule has 0 radical (unpaired) electrons. The minimum atomic E-state index is -0.999. The molecule has 0 aliphatic carbocycles. The van der Waals surface area contributed by atoms with E-state index in [1.807, 2.05) is 13.8 Å². The highest BCUT2D eigenvalue weighted by molar-refractivity contribution is 5.89. The Morgan fingerprint density at radius 2 is 2.14 bits per heavy atom. The second kappa shape index (κ2) is 4.22. The summed E-state index contributed by atoms with van der Waals surface area (Å²) in [6.45, 7) is 3.94. The molecular weight excluding hydrogens is 183 g/mol. The number of hydrogen-bond donors (Lipinski definition) is 1. The Hall–Kier alpha value is -1.38. The van der Waals surface area contributed by atoms with Gasteiger partial charge in [-0.3, -0.25) is 0 Å². The molecule has 0 bridgehead atoms. The van der Waals surface area contributed by atoms with Gasteiger partial charge in [0.2, 0.25) is 0 Å². The van der Waals surface area contributed by atoms with Crippen molar-refractivity contribution in [3.8, 4) is 0 Å². The first kappa shape index (κ1) is 10.7. The average Bonchev–Trinajstić information content (AvgIpc) is 2.01. The lowest BCUT2D eigenvalue weighted by Crippen LogP contribution is -2.05. The number of carbonyl (C=O) groups is 1. The van der Waals surface area contributed by atoms with Crippen molar-refractivity contribution < 1.29 is 14.3 Å². The van der Waals surface area contributed by atoms with Gasteiger partial charge in [-0.2, -0.15) is 0 Å². The zero-order valence-electron chi connectivity index (χ0n) is 8.25. The van der Waals surface area contributed by atoms with E-state index < -0.39 is 5.97 Å². The lowest BCUT2D eigenvalue weighted by atomic mass is 9.98. The van der Waals surface area contributed by atoms with Gasteiger partial charge in [-0.15, -0.1) is 0 Å². The molecule has 1 N–H and O–H groups in total. The zero-order chi connectivity index (χ0) is 10.7. The van der Waals surface area contributed by atoms with Crippen LogP contribution in [-0.2, 0) is 6.42 Å². The second-order valence-electron chi connectivity index (χ2n) is 3.70. The summed E-state index contributed by atoms with van der Waals surface area (Å²) >= 11 is 0. The highest BCUT2D eigenvalue weighted by Gasteiger charge is 2.11. The Bertz CT molecular complexity index is 345. The molecule has 1 rings (SSSR count). The average molecular weight is 196 g/mol. The van der Waals surface area contributed by atoms with Gasteiger partial charge in [0.05, 0.1) is 5.56 Å². The van der Waals surface area contributed by atoms with E-state index in [9.17, 15) is 9.18 Å². The molecule has 0 unspecified atom stereocenters. The van der Waals surface area contributed by atoms with Gasteiger partial charge in [-0.25, -0.2) is 9.18 Å². The first-order valence-corrected chi connectivity index (χ1v) is 4.52. The standard InChI is InChI=1S/C11H13FO2/c1-7(2)5-8-6-9(12)3-4-10(8)11(13)14/h3-4,6-7H,5H2,1-2H3,(H,13,14). The van der Waals surface area contributed by atoms with Crippen LogP contribution >= 0.6 is 0 Å². The summed E-state index contributed by atoms with van der Waals surface area (Å²) in [5, 5.41) is 8.85. The van der Waals surface area contributed by atoms with E-state index >= 15 is 0 Å². The van der Waals surface area contributed by atoms with Gasteiger partial charge in [-0.05, 0) is 36.1 Å². The molecule has 1 aromatic rings. The number of carboxylic acids is 1. The normalized spacial score (nSPS) is 10.6. The third kappa shape index (κ3) is 2.55. The minimum Gasteiger partial charge on any atom is -0.478 e. The van der Waals surface area contributed by atoms with E-state index in [-0.39, 0.29) is 11.4 Å². The summed E-state index contributed by atoms with van der Waals surface area (Å²) in [4.78, 5) is 10.8. The van der Waals surface area contributed by atoms with Crippen molar-refractivity contribution in [2.24, 2.45) is 5.92 Å². The van der Waals surface area contributed by atoms with Crippen molar-refractivity contribution >= 4 is 5.97 Å². The summed E-state index contributed by atoms with van der Waals surface area (Å²) < 4.78 is 12.9. The van der Waals surface area contributed by atoms with Gasteiger partial charge in [0.1, 0.15) is 5.82 Å². The van der Waals surface area contributed by atoms with Crippen LogP contribution in [0.5, 0.6) is 0 Å². The first-order chi connectivity index (χ1) is 6.50. The van der Waals surface area contributed by atoms with E-state index in [1.165, 1.54) is 18.2 Å². The van der Waals surface area contributed by atoms with Crippen LogP contribution in [0.1, 0.15) is 29.8 Å². The van der Waals surface area contributed by atoms with Crippen LogP contribution in [0.25, 0.3) is 0 Å². The molecule has 76 valence electrons. The van der Waals surface area contributed by atoms with Crippen LogP contribution in [0, 0.1) is 11.7 Å². The number of benzene rings is 1. The quantitative estimate of drug-likeness (QED) is 0.807. The lowest BCUT2D eigenvalue weighted by molar-refractivity contribution is 0.0695. The van der Waals surface area contributed by atoms with E-state index in [4.69, 9.17) is 5.11 Å². The summed E-state index contributed by atoms with van der Waals surface area (Å²) in [5.41, 5.74) is 0.757. The fraction of sp³-hybridized carbons (Fsp3) is 0.364. The molecule has 0 fully saturated rings. The molecule has 1 aromatic carbocycles. The minimum absolute atomic E-state index is 0.195. The Balaban J connectivity index is 3.09. The molecule has 3 heteroatoms. The molecule has 0 aromatic heterocycles. The maximum absolute atomic E-state index is 12.9. The van der Waals surface area contributed by atoms with Crippen molar-refractivity contribution in [2.75, 3.05) is 0 Å². The Morgan fingerprint density at radius 1 is 1.50 bits per heavy atom. The van der Waals surface area contributed by atoms with Gasteiger partial charge in [0.25, 0.3) is 0 Å². The van der Waals surface area contributed by atoms with Crippen LogP contribution in [0.3, 0.4) is 0 Å². The largest absolute Gasteiger partial charge is 0.478 e. The predicted octanol–water partition coefficient (Wildman–Crippen LogP) is 2.72. The molecule has 0 aliphatic heterocycles. The van der Waals surface area contributed by atoms with E-state index in [0.717, 1.165) is 0 Å². The van der Waals surface area contributed by atoms with E-state index in [2.05, 4.69) is 0 Å². The molecule has 0 spiro atoms. The molecule has 0 saturated heterocycles. The summed E-state index contributed by atoms with van der Waals surface area (Å²) in [6.07, 6.45) is 0.583. The zero-order valence-corrected chi connectivity index (χ0v) is 8.25. The van der Waals surface area contributed by atoms with Crippen molar-refractivity contribution in [3.63, 3.8) is 0 Å². The topological polar surface area (TPSA) is 37.3 Å². The van der Waals surface area contributed by atoms with Gasteiger partial charge >= 0.3 is 5.97 Å². The van der Waals surface area contributed by atoms with Crippen LogP contribution in [0.15, 0.2) is 18.2 Å². The van der Waals surface area contributed by atoms with Crippen molar-refractivity contribution in [1.82, 2.24) is 0 Å². The van der Waals surface area contributed by atoms with E-state index in [1.54, 1.807) is 0 Å². The maximum Gasteiger partial charge on any atom is 0.335 e. The molecular formula is C11H13FO2. The maximum atomic E-state index is 12.9. The van der Waals surface area contributed by atoms with Crippen LogP contribution in [-0.4, -0.2) is 11.1 Å². The van der Waals surface area contributed by atoms with Crippen LogP contribution in [0.2, 0.25) is 0 Å². The summed E-state index contributed by atoms with van der Waals surface area (Å²) in [6, 6.07) is 3.78. The fourth-order valence-electron chi connectivity index (χ4n) is 1.38. The molecule has 0 aliphatic rings. The number of rotatable bonds is 3. The van der Waals surface area contributed by atoms with Crippen LogP contribution in [0.4, 0.5) is 4.39 Å². The predicted molar refractivity (Wildman–Crippen MR) is 51.9 cm³/mol. The third-order valence-corrected chi connectivity index (χ3v) is 1.93. The highest BCUT2D eigenvalue weighted by Crippen LogP contribution is 2.15. The molecule has 0 amide bonds. The lowest BCUT2D eigenvalue weighted by Gasteiger charge is -2.08. The molecule has 0 heterocycles. The number of hydrogen-bond acceptors (Lipinski definition) is 1. The van der Waals surface area contributed by atoms with Crippen molar-refractivity contribution in [2.45, 2.75) is 20.3 Å². The highest BCUT2D eigenvalue weighted by atomic mass is 19.1.